The monoisotopic (exact) mass is 287 g/mol. The number of halogens is 3. The fourth-order valence-corrected chi connectivity index (χ4v) is 2.24. The molecule has 1 aromatic carbocycles. The number of piperidine rings is 1. The van der Waals surface area contributed by atoms with Gasteiger partial charge in [0, 0.05) is 18.7 Å². The van der Waals surface area contributed by atoms with Gasteiger partial charge in [0.25, 0.3) is 5.91 Å². The Bertz CT molecular complexity index is 501. The molecule has 0 aliphatic carbocycles. The highest BCUT2D eigenvalue weighted by Gasteiger charge is 2.32. The van der Waals surface area contributed by atoms with Crippen molar-refractivity contribution in [1.82, 2.24) is 4.90 Å². The van der Waals surface area contributed by atoms with Crippen molar-refractivity contribution in [2.45, 2.75) is 25.6 Å². The lowest BCUT2D eigenvalue weighted by Gasteiger charge is -2.34. The van der Waals surface area contributed by atoms with E-state index in [9.17, 15) is 23.1 Å². The van der Waals surface area contributed by atoms with Crippen molar-refractivity contribution in [3.05, 3.63) is 35.4 Å². The van der Waals surface area contributed by atoms with Gasteiger partial charge in [0.05, 0.1) is 11.7 Å². The van der Waals surface area contributed by atoms with Crippen LogP contribution >= 0.6 is 0 Å². The molecule has 0 radical (unpaired) electrons. The average Bonchev–Trinajstić information content (AvgIpc) is 2.40. The topological polar surface area (TPSA) is 40.5 Å². The minimum Gasteiger partial charge on any atom is -0.391 e. The van der Waals surface area contributed by atoms with Gasteiger partial charge in [-0.15, -0.1) is 0 Å². The number of likely N-dealkylation sites (tertiary alicyclic amines) is 1. The lowest BCUT2D eigenvalue weighted by Crippen LogP contribution is -2.45. The van der Waals surface area contributed by atoms with E-state index >= 15 is 0 Å². The Labute approximate surface area is 115 Å². The number of carbonyl (C=O) groups excluding carboxylic acids is 1. The molecule has 1 heterocycles. The zero-order chi connectivity index (χ0) is 14.9. The third kappa shape index (κ3) is 3.12. The summed E-state index contributed by atoms with van der Waals surface area (Å²) >= 11 is 0. The quantitative estimate of drug-likeness (QED) is 0.862. The summed E-state index contributed by atoms with van der Waals surface area (Å²) in [6, 6.07) is 4.37. The molecule has 110 valence electrons. The second-order valence-corrected chi connectivity index (χ2v) is 5.16. The number of aliphatic hydroxyl groups excluding tert-OH is 1. The van der Waals surface area contributed by atoms with Gasteiger partial charge >= 0.3 is 6.18 Å². The number of hydrogen-bond donors (Lipinski definition) is 1. The standard InChI is InChI=1S/C14H16F3NO2/c1-9-5-6-18(8-12(9)19)13(20)10-3-2-4-11(7-10)14(15,16)17/h2-4,7,9,12,19H,5-6,8H2,1H3. The molecule has 1 fully saturated rings. The first-order valence-electron chi connectivity index (χ1n) is 6.43. The zero-order valence-electron chi connectivity index (χ0n) is 11.0. The first kappa shape index (κ1) is 14.8. The van der Waals surface area contributed by atoms with E-state index in [2.05, 4.69) is 0 Å². The number of aliphatic hydroxyl groups is 1. The van der Waals surface area contributed by atoms with Crippen LogP contribution < -0.4 is 0 Å². The molecule has 1 aliphatic heterocycles. The van der Waals surface area contributed by atoms with Crippen LogP contribution in [0.5, 0.6) is 0 Å². The molecule has 6 heteroatoms. The van der Waals surface area contributed by atoms with E-state index in [-0.39, 0.29) is 18.0 Å². The van der Waals surface area contributed by atoms with Crippen molar-refractivity contribution < 1.29 is 23.1 Å². The van der Waals surface area contributed by atoms with Gasteiger partial charge in [-0.2, -0.15) is 13.2 Å². The maximum absolute atomic E-state index is 12.6. The maximum atomic E-state index is 12.6. The van der Waals surface area contributed by atoms with Crippen LogP contribution in [0.15, 0.2) is 24.3 Å². The molecule has 0 saturated carbocycles. The number of β-amino-alcohol motifs (C(OH)–C–C–N with tert-alkyl or cyclic N) is 1. The minimum absolute atomic E-state index is 0.00146. The van der Waals surface area contributed by atoms with Gasteiger partial charge < -0.3 is 10.0 Å². The SMILES string of the molecule is CC1CCN(C(=O)c2cccc(C(F)(F)F)c2)CC1O. The molecule has 3 nitrogen and oxygen atoms in total. The third-order valence-electron chi connectivity index (χ3n) is 3.64. The second kappa shape index (κ2) is 5.44. The molecule has 1 aliphatic rings. The predicted molar refractivity (Wildman–Crippen MR) is 67.1 cm³/mol. The van der Waals surface area contributed by atoms with Crippen LogP contribution in [0.25, 0.3) is 0 Å². The molecule has 2 unspecified atom stereocenters. The highest BCUT2D eigenvalue weighted by atomic mass is 19.4. The first-order chi connectivity index (χ1) is 9.29. The molecule has 1 aromatic rings. The van der Waals surface area contributed by atoms with Crippen LogP contribution in [0.1, 0.15) is 29.3 Å². The summed E-state index contributed by atoms with van der Waals surface area (Å²) in [5.41, 5.74) is -0.837. The molecule has 20 heavy (non-hydrogen) atoms. The lowest BCUT2D eigenvalue weighted by molar-refractivity contribution is -0.137. The first-order valence-corrected chi connectivity index (χ1v) is 6.43. The summed E-state index contributed by atoms with van der Waals surface area (Å²) in [7, 11) is 0. The fraction of sp³-hybridized carbons (Fsp3) is 0.500. The fourth-order valence-electron chi connectivity index (χ4n) is 2.24. The van der Waals surface area contributed by atoms with Gasteiger partial charge in [-0.3, -0.25) is 4.79 Å². The van der Waals surface area contributed by atoms with E-state index in [1.807, 2.05) is 6.92 Å². The van der Waals surface area contributed by atoms with Crippen molar-refractivity contribution >= 4 is 5.91 Å². The highest BCUT2D eigenvalue weighted by Crippen LogP contribution is 2.30. The van der Waals surface area contributed by atoms with Crippen molar-refractivity contribution in [2.24, 2.45) is 5.92 Å². The summed E-state index contributed by atoms with van der Waals surface area (Å²) in [6.07, 6.45) is -4.45. The van der Waals surface area contributed by atoms with E-state index < -0.39 is 23.8 Å². The molecular formula is C14H16F3NO2. The summed E-state index contributed by atoms with van der Waals surface area (Å²) in [5, 5.41) is 9.75. The average molecular weight is 287 g/mol. The lowest BCUT2D eigenvalue weighted by atomic mass is 9.95. The Morgan fingerprint density at radius 3 is 2.70 bits per heavy atom. The van der Waals surface area contributed by atoms with Crippen LogP contribution in [0.4, 0.5) is 13.2 Å². The number of amides is 1. The van der Waals surface area contributed by atoms with Gasteiger partial charge in [-0.1, -0.05) is 13.0 Å². The Morgan fingerprint density at radius 1 is 1.40 bits per heavy atom. The van der Waals surface area contributed by atoms with Crippen LogP contribution in [0.2, 0.25) is 0 Å². The summed E-state index contributed by atoms with van der Waals surface area (Å²) < 4.78 is 37.9. The Kier molecular flexibility index (Phi) is 4.04. The molecular weight excluding hydrogens is 271 g/mol. The zero-order valence-corrected chi connectivity index (χ0v) is 11.0. The molecule has 1 amide bonds. The molecule has 0 bridgehead atoms. The van der Waals surface area contributed by atoms with Crippen LogP contribution in [0.3, 0.4) is 0 Å². The number of benzene rings is 1. The third-order valence-corrected chi connectivity index (χ3v) is 3.64. The van der Waals surface area contributed by atoms with Crippen molar-refractivity contribution in [1.29, 1.82) is 0 Å². The summed E-state index contributed by atoms with van der Waals surface area (Å²) in [4.78, 5) is 13.6. The number of carbonyl (C=O) groups is 1. The van der Waals surface area contributed by atoms with E-state index in [0.717, 1.165) is 12.1 Å². The number of rotatable bonds is 1. The maximum Gasteiger partial charge on any atom is 0.416 e. The summed E-state index contributed by atoms with van der Waals surface area (Å²) in [5.74, 6) is -0.373. The number of nitrogens with zero attached hydrogens (tertiary/aromatic N) is 1. The van der Waals surface area contributed by atoms with E-state index in [4.69, 9.17) is 0 Å². The molecule has 1 saturated heterocycles. The van der Waals surface area contributed by atoms with Crippen molar-refractivity contribution in [2.75, 3.05) is 13.1 Å². The molecule has 1 N–H and O–H groups in total. The predicted octanol–water partition coefficient (Wildman–Crippen LogP) is 2.55. The molecule has 0 spiro atoms. The van der Waals surface area contributed by atoms with Gasteiger partial charge in [0.2, 0.25) is 0 Å². The van der Waals surface area contributed by atoms with Gasteiger partial charge in [-0.25, -0.2) is 0 Å². The van der Waals surface area contributed by atoms with E-state index in [0.29, 0.717) is 13.0 Å². The summed E-state index contributed by atoms with van der Waals surface area (Å²) in [6.45, 7) is 2.50. The minimum atomic E-state index is -4.47. The van der Waals surface area contributed by atoms with Crippen molar-refractivity contribution in [3.63, 3.8) is 0 Å². The number of alkyl halides is 3. The smallest absolute Gasteiger partial charge is 0.391 e. The Morgan fingerprint density at radius 2 is 2.10 bits per heavy atom. The van der Waals surface area contributed by atoms with Crippen molar-refractivity contribution in [3.8, 4) is 0 Å². The highest BCUT2D eigenvalue weighted by molar-refractivity contribution is 5.94. The van der Waals surface area contributed by atoms with Crippen LogP contribution in [-0.4, -0.2) is 35.1 Å². The van der Waals surface area contributed by atoms with Crippen LogP contribution in [-0.2, 0) is 6.18 Å². The van der Waals surface area contributed by atoms with E-state index in [1.54, 1.807) is 0 Å². The normalized spacial score (nSPS) is 23.8. The largest absolute Gasteiger partial charge is 0.416 e. The van der Waals surface area contributed by atoms with Gasteiger partial charge in [-0.05, 0) is 30.5 Å². The van der Waals surface area contributed by atoms with Gasteiger partial charge in [0.15, 0.2) is 0 Å². The Balaban J connectivity index is 2.17. The second-order valence-electron chi connectivity index (χ2n) is 5.16. The van der Waals surface area contributed by atoms with Gasteiger partial charge in [0.1, 0.15) is 0 Å². The molecule has 2 rings (SSSR count). The Hall–Kier alpha value is -1.56. The molecule has 2 atom stereocenters. The molecule has 0 aromatic heterocycles. The van der Waals surface area contributed by atoms with Crippen LogP contribution in [0, 0.1) is 5.92 Å². The number of hydrogen-bond acceptors (Lipinski definition) is 2. The van der Waals surface area contributed by atoms with E-state index in [1.165, 1.54) is 17.0 Å².